The molecule has 0 aromatic heterocycles. The summed E-state index contributed by atoms with van der Waals surface area (Å²) >= 11 is 0. The maximum absolute atomic E-state index is 2.40. The molecule has 55 heavy (non-hydrogen) atoms. The average molecular weight is 700 g/mol. The third kappa shape index (κ3) is 6.02. The molecule has 10 aromatic carbocycles. The van der Waals surface area contributed by atoms with Crippen molar-refractivity contribution in [2.45, 2.75) is 0 Å². The molecule has 0 saturated carbocycles. The Kier molecular flexibility index (Phi) is 8.24. The molecule has 0 bridgehead atoms. The quantitative estimate of drug-likeness (QED) is 0.150. The van der Waals surface area contributed by atoms with Gasteiger partial charge in [0.15, 0.2) is 0 Å². The number of nitrogens with zero attached hydrogens (tertiary/aromatic N) is 1. The molecule has 0 heterocycles. The van der Waals surface area contributed by atoms with Crippen molar-refractivity contribution < 1.29 is 0 Å². The number of para-hydroxylation sites is 1. The first-order chi connectivity index (χ1) is 27.3. The molecule has 258 valence electrons. The summed E-state index contributed by atoms with van der Waals surface area (Å²) in [4.78, 5) is 2.40. The minimum Gasteiger partial charge on any atom is -0.310 e. The van der Waals surface area contributed by atoms with Crippen molar-refractivity contribution >= 4 is 49.4 Å². The predicted molar refractivity (Wildman–Crippen MR) is 235 cm³/mol. The first-order valence-electron chi connectivity index (χ1n) is 18.9. The second kappa shape index (κ2) is 14.0. The topological polar surface area (TPSA) is 3.24 Å². The fraction of sp³-hybridized carbons (Fsp3) is 0. The van der Waals surface area contributed by atoms with Crippen LogP contribution in [-0.2, 0) is 0 Å². The minimum atomic E-state index is 1.10. The van der Waals surface area contributed by atoms with Crippen LogP contribution in [0.1, 0.15) is 0 Å². The highest BCUT2D eigenvalue weighted by atomic mass is 15.1. The van der Waals surface area contributed by atoms with E-state index in [0.717, 1.165) is 17.1 Å². The standard InChI is InChI=1S/C54H37N/c1-3-13-38(14-4-1)39-25-27-40(28-26-39)41-29-32-45(33-30-41)55(54-24-10-9-21-49(54)42-15-5-2-6-16-42)46-19-11-18-44(37-46)48-22-12-23-50-52(48)36-35-51-47-20-8-7-17-43(47)31-34-53(50)51/h1-37H. The van der Waals surface area contributed by atoms with Crippen LogP contribution < -0.4 is 4.90 Å². The third-order valence-corrected chi connectivity index (χ3v) is 10.9. The second-order valence-electron chi connectivity index (χ2n) is 14.1. The van der Waals surface area contributed by atoms with Crippen molar-refractivity contribution in [2.75, 3.05) is 4.90 Å². The van der Waals surface area contributed by atoms with Crippen LogP contribution in [0.5, 0.6) is 0 Å². The second-order valence-corrected chi connectivity index (χ2v) is 14.1. The molecule has 1 nitrogen and oxygen atoms in total. The number of hydrogen-bond donors (Lipinski definition) is 0. The highest BCUT2D eigenvalue weighted by Gasteiger charge is 2.18. The lowest BCUT2D eigenvalue weighted by Gasteiger charge is -2.28. The first-order valence-corrected chi connectivity index (χ1v) is 18.9. The Bertz CT molecular complexity index is 2950. The normalized spacial score (nSPS) is 11.3. The fourth-order valence-electron chi connectivity index (χ4n) is 8.17. The van der Waals surface area contributed by atoms with Crippen LogP contribution in [0, 0.1) is 0 Å². The minimum absolute atomic E-state index is 1.10. The maximum atomic E-state index is 2.40. The van der Waals surface area contributed by atoms with Gasteiger partial charge in [0.05, 0.1) is 5.69 Å². The highest BCUT2D eigenvalue weighted by molar-refractivity contribution is 6.19. The number of rotatable bonds is 7. The molecule has 0 amide bonds. The van der Waals surface area contributed by atoms with E-state index < -0.39 is 0 Å². The van der Waals surface area contributed by atoms with Gasteiger partial charge in [-0.2, -0.15) is 0 Å². The number of fused-ring (bicyclic) bond motifs is 5. The molecule has 10 rings (SSSR count). The van der Waals surface area contributed by atoms with Crippen LogP contribution in [0.25, 0.3) is 76.8 Å². The van der Waals surface area contributed by atoms with E-state index in [1.165, 1.54) is 76.8 Å². The van der Waals surface area contributed by atoms with E-state index in [2.05, 4.69) is 229 Å². The van der Waals surface area contributed by atoms with Gasteiger partial charge in [-0.05, 0) is 102 Å². The highest BCUT2D eigenvalue weighted by Crippen LogP contribution is 2.43. The van der Waals surface area contributed by atoms with Crippen LogP contribution >= 0.6 is 0 Å². The summed E-state index contributed by atoms with van der Waals surface area (Å²) in [5.41, 5.74) is 12.9. The van der Waals surface area contributed by atoms with Gasteiger partial charge in [-0.15, -0.1) is 0 Å². The third-order valence-electron chi connectivity index (χ3n) is 10.9. The van der Waals surface area contributed by atoms with E-state index in [1.807, 2.05) is 0 Å². The van der Waals surface area contributed by atoms with Gasteiger partial charge in [-0.1, -0.05) is 194 Å². The monoisotopic (exact) mass is 699 g/mol. The van der Waals surface area contributed by atoms with Crippen LogP contribution in [0.3, 0.4) is 0 Å². The van der Waals surface area contributed by atoms with Crippen LogP contribution in [0.4, 0.5) is 17.1 Å². The molecule has 0 atom stereocenters. The molecule has 0 aliphatic rings. The van der Waals surface area contributed by atoms with Crippen molar-refractivity contribution in [1.82, 2.24) is 0 Å². The van der Waals surface area contributed by atoms with Gasteiger partial charge in [0.2, 0.25) is 0 Å². The lowest BCUT2D eigenvalue weighted by Crippen LogP contribution is -2.11. The lowest BCUT2D eigenvalue weighted by molar-refractivity contribution is 1.28. The van der Waals surface area contributed by atoms with Crippen LogP contribution in [0.2, 0.25) is 0 Å². The fourth-order valence-corrected chi connectivity index (χ4v) is 8.17. The maximum Gasteiger partial charge on any atom is 0.0540 e. The summed E-state index contributed by atoms with van der Waals surface area (Å²) < 4.78 is 0. The van der Waals surface area contributed by atoms with Crippen molar-refractivity contribution in [3.8, 4) is 44.5 Å². The molecule has 0 aliphatic heterocycles. The van der Waals surface area contributed by atoms with Gasteiger partial charge in [0.25, 0.3) is 0 Å². The molecule has 0 fully saturated rings. The zero-order valence-electron chi connectivity index (χ0n) is 30.3. The van der Waals surface area contributed by atoms with Crippen molar-refractivity contribution in [3.05, 3.63) is 224 Å². The van der Waals surface area contributed by atoms with Crippen molar-refractivity contribution in [2.24, 2.45) is 0 Å². The Hall–Kier alpha value is -7.22. The molecular weight excluding hydrogens is 663 g/mol. The molecular formula is C54H37N. The van der Waals surface area contributed by atoms with E-state index in [1.54, 1.807) is 0 Å². The molecule has 0 saturated heterocycles. The Morgan fingerprint density at radius 3 is 1.49 bits per heavy atom. The zero-order chi connectivity index (χ0) is 36.6. The van der Waals surface area contributed by atoms with Gasteiger partial charge in [-0.25, -0.2) is 0 Å². The van der Waals surface area contributed by atoms with Crippen LogP contribution in [0.15, 0.2) is 224 Å². The van der Waals surface area contributed by atoms with Gasteiger partial charge < -0.3 is 4.90 Å². The van der Waals surface area contributed by atoms with Gasteiger partial charge >= 0.3 is 0 Å². The molecule has 1 heteroatoms. The lowest BCUT2D eigenvalue weighted by atomic mass is 9.92. The van der Waals surface area contributed by atoms with E-state index in [0.29, 0.717) is 0 Å². The van der Waals surface area contributed by atoms with Crippen molar-refractivity contribution in [1.29, 1.82) is 0 Å². The summed E-state index contributed by atoms with van der Waals surface area (Å²) in [6, 6.07) is 81.4. The first kappa shape index (κ1) is 32.4. The summed E-state index contributed by atoms with van der Waals surface area (Å²) in [5.74, 6) is 0. The zero-order valence-corrected chi connectivity index (χ0v) is 30.3. The predicted octanol–water partition coefficient (Wildman–Crippen LogP) is 15.3. The molecule has 0 aliphatic carbocycles. The molecule has 0 N–H and O–H groups in total. The van der Waals surface area contributed by atoms with Gasteiger partial charge in [-0.3, -0.25) is 0 Å². The van der Waals surface area contributed by atoms with E-state index >= 15 is 0 Å². The molecule has 0 spiro atoms. The molecule has 10 aromatic rings. The Morgan fingerprint density at radius 1 is 0.236 bits per heavy atom. The summed E-state index contributed by atoms with van der Waals surface area (Å²) in [5, 5.41) is 7.64. The van der Waals surface area contributed by atoms with Gasteiger partial charge in [0, 0.05) is 16.9 Å². The Morgan fingerprint density at radius 2 is 0.727 bits per heavy atom. The molecule has 0 unspecified atom stereocenters. The SMILES string of the molecule is c1ccc(-c2ccc(-c3ccc(N(c4cccc(-c5cccc6c5ccc5c7ccccc7ccc65)c4)c4ccccc4-c4ccccc4)cc3)cc2)cc1. The molecule has 0 radical (unpaired) electrons. The summed E-state index contributed by atoms with van der Waals surface area (Å²) in [6.07, 6.45) is 0. The Labute approximate surface area is 322 Å². The van der Waals surface area contributed by atoms with Gasteiger partial charge in [0.1, 0.15) is 0 Å². The number of hydrogen-bond acceptors (Lipinski definition) is 1. The Balaban J connectivity index is 1.09. The van der Waals surface area contributed by atoms with E-state index in [4.69, 9.17) is 0 Å². The summed E-state index contributed by atoms with van der Waals surface area (Å²) in [7, 11) is 0. The van der Waals surface area contributed by atoms with Crippen LogP contribution in [-0.4, -0.2) is 0 Å². The van der Waals surface area contributed by atoms with E-state index in [-0.39, 0.29) is 0 Å². The number of anilines is 3. The van der Waals surface area contributed by atoms with Crippen molar-refractivity contribution in [3.63, 3.8) is 0 Å². The summed E-state index contributed by atoms with van der Waals surface area (Å²) in [6.45, 7) is 0. The number of benzene rings is 10. The van der Waals surface area contributed by atoms with E-state index in [9.17, 15) is 0 Å². The average Bonchev–Trinajstić information content (AvgIpc) is 3.27. The smallest absolute Gasteiger partial charge is 0.0540 e. The largest absolute Gasteiger partial charge is 0.310 e.